The third kappa shape index (κ3) is 3.60. The normalized spacial score (nSPS) is 19.8. The molecule has 21 heavy (non-hydrogen) atoms. The number of rotatable bonds is 3. The highest BCUT2D eigenvalue weighted by Crippen LogP contribution is 2.38. The first-order chi connectivity index (χ1) is 9.82. The fraction of sp³-hybridized carbons (Fsp3) is 0.467. The van der Waals surface area contributed by atoms with Gasteiger partial charge in [-0.05, 0) is 30.5 Å². The lowest BCUT2D eigenvalue weighted by atomic mass is 9.78. The van der Waals surface area contributed by atoms with Gasteiger partial charge >= 0.3 is 0 Å². The van der Waals surface area contributed by atoms with Gasteiger partial charge < -0.3 is 0 Å². The van der Waals surface area contributed by atoms with E-state index in [1.807, 2.05) is 0 Å². The van der Waals surface area contributed by atoms with E-state index in [1.165, 1.54) is 0 Å². The number of ketones is 1. The smallest absolute Gasteiger partial charge is 0.248 e. The van der Waals surface area contributed by atoms with Crippen molar-refractivity contribution in [3.05, 3.63) is 35.4 Å². The summed E-state index contributed by atoms with van der Waals surface area (Å²) >= 11 is 0. The molecule has 2 nitrogen and oxygen atoms in total. The van der Waals surface area contributed by atoms with Gasteiger partial charge in [0.25, 0.3) is 0 Å². The van der Waals surface area contributed by atoms with Gasteiger partial charge in [0.15, 0.2) is 5.78 Å². The number of carbonyl (C=O) groups excluding carboxylic acids is 1. The second-order valence-electron chi connectivity index (χ2n) is 5.30. The summed E-state index contributed by atoms with van der Waals surface area (Å²) in [5, 5.41) is 9.10. The number of alkyl halides is 2. The second-order valence-corrected chi connectivity index (χ2v) is 5.30. The van der Waals surface area contributed by atoms with Gasteiger partial charge in [-0.15, -0.1) is 0 Å². The van der Waals surface area contributed by atoms with Crippen molar-refractivity contribution in [3.63, 3.8) is 0 Å². The molecular formula is C15H13F4NO. The number of hydrogen-bond acceptors (Lipinski definition) is 2. The summed E-state index contributed by atoms with van der Waals surface area (Å²) in [6.45, 7) is 0. The van der Waals surface area contributed by atoms with E-state index in [0.717, 1.165) is 12.1 Å². The van der Waals surface area contributed by atoms with Crippen LogP contribution in [0.15, 0.2) is 18.2 Å². The van der Waals surface area contributed by atoms with Crippen LogP contribution in [0, 0.1) is 28.9 Å². The van der Waals surface area contributed by atoms with Gasteiger partial charge in [-0.1, -0.05) is 0 Å². The summed E-state index contributed by atoms with van der Waals surface area (Å²) in [6.07, 6.45) is -0.832. The summed E-state index contributed by atoms with van der Waals surface area (Å²) < 4.78 is 52.5. The van der Waals surface area contributed by atoms with Gasteiger partial charge in [-0.3, -0.25) is 4.79 Å². The molecule has 1 fully saturated rings. The molecule has 0 heterocycles. The lowest BCUT2D eigenvalue weighted by Gasteiger charge is -2.28. The second kappa shape index (κ2) is 5.84. The molecule has 0 N–H and O–H groups in total. The van der Waals surface area contributed by atoms with Gasteiger partial charge in [0.05, 0.1) is 6.07 Å². The first-order valence-corrected chi connectivity index (χ1v) is 6.59. The zero-order valence-corrected chi connectivity index (χ0v) is 11.1. The molecule has 1 aliphatic rings. The Morgan fingerprint density at radius 2 is 1.71 bits per heavy atom. The monoisotopic (exact) mass is 299 g/mol. The first kappa shape index (κ1) is 15.5. The van der Waals surface area contributed by atoms with Crippen molar-refractivity contribution in [1.29, 1.82) is 5.26 Å². The number of Topliss-reactive ketones (excluding diaryl/α,β-unsaturated/α-hetero) is 1. The standard InChI is InChI=1S/C15H13F4NO/c16-11-5-10(6-12(17)7-11)13(8-20)14(21)9-1-3-15(18,19)4-2-9/h5-7,9,13H,1-4H2. The number of nitrogens with zero attached hydrogens (tertiary/aromatic N) is 1. The van der Waals surface area contributed by atoms with Crippen molar-refractivity contribution >= 4 is 5.78 Å². The van der Waals surface area contributed by atoms with Crippen LogP contribution in [-0.4, -0.2) is 11.7 Å². The fourth-order valence-corrected chi connectivity index (χ4v) is 2.60. The third-order valence-electron chi connectivity index (χ3n) is 3.75. The highest BCUT2D eigenvalue weighted by atomic mass is 19.3. The van der Waals surface area contributed by atoms with Gasteiger partial charge in [0, 0.05) is 24.8 Å². The third-order valence-corrected chi connectivity index (χ3v) is 3.75. The zero-order chi connectivity index (χ0) is 15.6. The van der Waals surface area contributed by atoms with Crippen molar-refractivity contribution in [2.45, 2.75) is 37.5 Å². The average molecular weight is 299 g/mol. The molecule has 0 spiro atoms. The fourth-order valence-electron chi connectivity index (χ4n) is 2.60. The van der Waals surface area contributed by atoms with Crippen LogP contribution in [0.1, 0.15) is 37.2 Å². The van der Waals surface area contributed by atoms with Crippen molar-refractivity contribution in [3.8, 4) is 6.07 Å². The molecule has 1 aromatic rings. The Balaban J connectivity index is 2.18. The van der Waals surface area contributed by atoms with Crippen molar-refractivity contribution in [1.82, 2.24) is 0 Å². The molecule has 0 aromatic heterocycles. The minimum absolute atomic E-state index is 0.0121. The van der Waals surface area contributed by atoms with E-state index in [9.17, 15) is 22.4 Å². The van der Waals surface area contributed by atoms with E-state index in [0.29, 0.717) is 6.07 Å². The summed E-state index contributed by atoms with van der Waals surface area (Å²) in [5.41, 5.74) is -0.0719. The van der Waals surface area contributed by atoms with Gasteiger partial charge in [-0.2, -0.15) is 5.26 Å². The Morgan fingerprint density at radius 1 is 1.19 bits per heavy atom. The summed E-state index contributed by atoms with van der Waals surface area (Å²) in [6, 6.07) is 4.21. The molecule has 0 amide bonds. The summed E-state index contributed by atoms with van der Waals surface area (Å²) in [5.74, 6) is -7.07. The van der Waals surface area contributed by atoms with Gasteiger partial charge in [0.2, 0.25) is 5.92 Å². The van der Waals surface area contributed by atoms with Crippen LogP contribution in [-0.2, 0) is 4.79 Å². The Hall–Kier alpha value is -1.90. The van der Waals surface area contributed by atoms with Crippen molar-refractivity contribution in [2.24, 2.45) is 5.92 Å². The minimum Gasteiger partial charge on any atom is -0.298 e. The molecule has 0 saturated heterocycles. The topological polar surface area (TPSA) is 40.9 Å². The van der Waals surface area contributed by atoms with Crippen molar-refractivity contribution in [2.75, 3.05) is 0 Å². The molecule has 1 atom stereocenters. The molecule has 1 saturated carbocycles. The number of hydrogen-bond donors (Lipinski definition) is 0. The first-order valence-electron chi connectivity index (χ1n) is 6.59. The Kier molecular flexibility index (Phi) is 4.31. The highest BCUT2D eigenvalue weighted by molar-refractivity contribution is 5.90. The van der Waals surface area contributed by atoms with E-state index >= 15 is 0 Å². The highest BCUT2D eigenvalue weighted by Gasteiger charge is 2.39. The lowest BCUT2D eigenvalue weighted by Crippen LogP contribution is -2.31. The predicted molar refractivity (Wildman–Crippen MR) is 66.6 cm³/mol. The summed E-state index contributed by atoms with van der Waals surface area (Å²) in [7, 11) is 0. The van der Waals surface area contributed by atoms with Gasteiger partial charge in [0.1, 0.15) is 17.6 Å². The molecule has 2 rings (SSSR count). The molecular weight excluding hydrogens is 286 g/mol. The summed E-state index contributed by atoms with van der Waals surface area (Å²) in [4.78, 5) is 12.3. The number of halogens is 4. The SMILES string of the molecule is N#CC(C(=O)C1CCC(F)(F)CC1)c1cc(F)cc(F)c1. The van der Waals surface area contributed by atoms with E-state index in [1.54, 1.807) is 6.07 Å². The zero-order valence-electron chi connectivity index (χ0n) is 11.1. The van der Waals surface area contributed by atoms with E-state index < -0.39 is 48.0 Å². The van der Waals surface area contributed by atoms with Gasteiger partial charge in [-0.25, -0.2) is 17.6 Å². The molecule has 1 unspecified atom stereocenters. The molecule has 6 heteroatoms. The number of benzene rings is 1. The Labute approximate surface area is 119 Å². The van der Waals surface area contributed by atoms with E-state index in [-0.39, 0.29) is 18.4 Å². The van der Waals surface area contributed by atoms with E-state index in [4.69, 9.17) is 5.26 Å². The Bertz CT molecular complexity index is 564. The maximum atomic E-state index is 13.2. The van der Waals surface area contributed by atoms with Crippen LogP contribution in [0.3, 0.4) is 0 Å². The largest absolute Gasteiger partial charge is 0.298 e. The van der Waals surface area contributed by atoms with Crippen LogP contribution in [0.4, 0.5) is 17.6 Å². The van der Waals surface area contributed by atoms with Crippen molar-refractivity contribution < 1.29 is 22.4 Å². The van der Waals surface area contributed by atoms with Crippen LogP contribution in [0.25, 0.3) is 0 Å². The average Bonchev–Trinajstić information content (AvgIpc) is 2.38. The maximum absolute atomic E-state index is 13.2. The molecule has 0 bridgehead atoms. The maximum Gasteiger partial charge on any atom is 0.248 e. The lowest BCUT2D eigenvalue weighted by molar-refractivity contribution is -0.127. The number of carbonyl (C=O) groups is 1. The molecule has 112 valence electrons. The molecule has 0 radical (unpaired) electrons. The molecule has 0 aliphatic heterocycles. The van der Waals surface area contributed by atoms with E-state index in [2.05, 4.69) is 0 Å². The minimum atomic E-state index is -2.77. The van der Waals surface area contributed by atoms with Crippen LogP contribution >= 0.6 is 0 Å². The van der Waals surface area contributed by atoms with Crippen LogP contribution in [0.2, 0.25) is 0 Å². The number of nitriles is 1. The molecule has 1 aromatic carbocycles. The van der Waals surface area contributed by atoms with Crippen LogP contribution in [0.5, 0.6) is 0 Å². The quantitative estimate of drug-likeness (QED) is 0.792. The molecule has 1 aliphatic carbocycles. The Morgan fingerprint density at radius 3 is 2.19 bits per heavy atom. The predicted octanol–water partition coefficient (Wildman–Crippen LogP) is 3.97. The van der Waals surface area contributed by atoms with Crippen LogP contribution < -0.4 is 0 Å².